The SMILES string of the molecule is COC(=O)[C@H]1C[C@@H]2CC[C@H]1N(C(=O)OC(C)(C)C)C2. The van der Waals surface area contributed by atoms with Gasteiger partial charge in [-0.15, -0.1) is 0 Å². The van der Waals surface area contributed by atoms with Crippen molar-refractivity contribution in [2.45, 2.75) is 51.7 Å². The molecule has 0 N–H and O–H groups in total. The van der Waals surface area contributed by atoms with Gasteiger partial charge in [0.05, 0.1) is 13.0 Å². The van der Waals surface area contributed by atoms with Crippen molar-refractivity contribution in [1.82, 2.24) is 4.90 Å². The van der Waals surface area contributed by atoms with E-state index in [-0.39, 0.29) is 24.0 Å². The molecular weight excluding hydrogens is 246 g/mol. The van der Waals surface area contributed by atoms with Gasteiger partial charge in [0.2, 0.25) is 0 Å². The van der Waals surface area contributed by atoms with Crippen LogP contribution in [0.5, 0.6) is 0 Å². The van der Waals surface area contributed by atoms with Crippen molar-refractivity contribution in [2.75, 3.05) is 13.7 Å². The highest BCUT2D eigenvalue weighted by atomic mass is 16.6. The number of hydrogen-bond donors (Lipinski definition) is 0. The van der Waals surface area contributed by atoms with E-state index in [0.29, 0.717) is 12.5 Å². The Morgan fingerprint density at radius 1 is 1.21 bits per heavy atom. The molecule has 5 nitrogen and oxygen atoms in total. The monoisotopic (exact) mass is 269 g/mol. The normalized spacial score (nSPS) is 30.1. The lowest BCUT2D eigenvalue weighted by Crippen LogP contribution is -2.58. The summed E-state index contributed by atoms with van der Waals surface area (Å²) >= 11 is 0. The third-order valence-corrected chi connectivity index (χ3v) is 3.91. The number of ether oxygens (including phenoxy) is 2. The van der Waals surface area contributed by atoms with Crippen LogP contribution >= 0.6 is 0 Å². The van der Waals surface area contributed by atoms with Gasteiger partial charge in [0.25, 0.3) is 0 Å². The average molecular weight is 269 g/mol. The van der Waals surface area contributed by atoms with Crippen molar-refractivity contribution in [3.63, 3.8) is 0 Å². The van der Waals surface area contributed by atoms with Crippen LogP contribution in [0, 0.1) is 11.8 Å². The fourth-order valence-corrected chi connectivity index (χ4v) is 3.13. The molecule has 108 valence electrons. The van der Waals surface area contributed by atoms with E-state index in [2.05, 4.69) is 0 Å². The predicted octanol–water partition coefficient (Wildman–Crippen LogP) is 2.20. The molecular formula is C14H23NO4. The molecule has 3 atom stereocenters. The second-order valence-electron chi connectivity index (χ2n) is 6.51. The summed E-state index contributed by atoms with van der Waals surface area (Å²) in [5.41, 5.74) is -0.505. The number of hydrogen-bond acceptors (Lipinski definition) is 4. The molecule has 2 aliphatic heterocycles. The lowest BCUT2D eigenvalue weighted by Gasteiger charge is -2.48. The molecule has 3 aliphatic rings. The second-order valence-corrected chi connectivity index (χ2v) is 6.51. The van der Waals surface area contributed by atoms with Gasteiger partial charge in [-0.25, -0.2) is 4.79 Å². The molecule has 2 heterocycles. The van der Waals surface area contributed by atoms with Gasteiger partial charge in [-0.3, -0.25) is 4.79 Å². The van der Waals surface area contributed by atoms with Gasteiger partial charge in [-0.05, 0) is 46.0 Å². The van der Waals surface area contributed by atoms with Gasteiger partial charge in [0.15, 0.2) is 0 Å². The van der Waals surface area contributed by atoms with E-state index in [9.17, 15) is 9.59 Å². The molecule has 1 saturated carbocycles. The van der Waals surface area contributed by atoms with E-state index >= 15 is 0 Å². The molecule has 0 unspecified atom stereocenters. The van der Waals surface area contributed by atoms with Crippen molar-refractivity contribution < 1.29 is 19.1 Å². The van der Waals surface area contributed by atoms with E-state index in [1.807, 2.05) is 20.8 Å². The zero-order chi connectivity index (χ0) is 14.2. The molecule has 0 radical (unpaired) electrons. The van der Waals surface area contributed by atoms with E-state index in [1.54, 1.807) is 4.90 Å². The molecule has 3 fully saturated rings. The van der Waals surface area contributed by atoms with Crippen LogP contribution in [0.4, 0.5) is 4.79 Å². The second kappa shape index (κ2) is 5.02. The molecule has 1 aliphatic carbocycles. The summed E-state index contributed by atoms with van der Waals surface area (Å²) in [5, 5.41) is 0. The first-order valence-corrected chi connectivity index (χ1v) is 6.89. The molecule has 0 aromatic carbocycles. The molecule has 0 aromatic heterocycles. The Labute approximate surface area is 114 Å². The van der Waals surface area contributed by atoms with Crippen molar-refractivity contribution in [2.24, 2.45) is 11.8 Å². The number of carbonyl (C=O) groups excluding carboxylic acids is 2. The Kier molecular flexibility index (Phi) is 3.74. The van der Waals surface area contributed by atoms with Crippen LogP contribution in [0.25, 0.3) is 0 Å². The fraction of sp³-hybridized carbons (Fsp3) is 0.857. The molecule has 2 saturated heterocycles. The van der Waals surface area contributed by atoms with Crippen LogP contribution in [0.3, 0.4) is 0 Å². The first-order valence-electron chi connectivity index (χ1n) is 6.89. The quantitative estimate of drug-likeness (QED) is 0.685. The summed E-state index contributed by atoms with van der Waals surface area (Å²) in [6.45, 7) is 6.26. The van der Waals surface area contributed by atoms with Gasteiger partial charge in [0.1, 0.15) is 5.60 Å². The lowest BCUT2D eigenvalue weighted by atomic mass is 9.73. The molecule has 0 spiro atoms. The van der Waals surface area contributed by atoms with Crippen molar-refractivity contribution in [1.29, 1.82) is 0 Å². The zero-order valence-corrected chi connectivity index (χ0v) is 12.1. The summed E-state index contributed by atoms with van der Waals surface area (Å²) in [6.07, 6.45) is 2.47. The third kappa shape index (κ3) is 3.01. The number of fused-ring (bicyclic) bond motifs is 3. The van der Waals surface area contributed by atoms with Crippen LogP contribution in [0.1, 0.15) is 40.0 Å². The Balaban J connectivity index is 2.10. The minimum atomic E-state index is -0.505. The predicted molar refractivity (Wildman–Crippen MR) is 69.6 cm³/mol. The number of esters is 1. The zero-order valence-electron chi connectivity index (χ0n) is 12.1. The highest BCUT2D eigenvalue weighted by Crippen LogP contribution is 2.40. The highest BCUT2D eigenvalue weighted by Gasteiger charge is 2.47. The number of rotatable bonds is 1. The number of carbonyl (C=O) groups is 2. The maximum absolute atomic E-state index is 12.2. The summed E-state index contributed by atoms with van der Waals surface area (Å²) < 4.78 is 10.3. The van der Waals surface area contributed by atoms with Gasteiger partial charge in [-0.2, -0.15) is 0 Å². The number of methoxy groups -OCH3 is 1. The molecule has 2 bridgehead atoms. The Morgan fingerprint density at radius 3 is 2.42 bits per heavy atom. The highest BCUT2D eigenvalue weighted by molar-refractivity contribution is 5.76. The molecule has 0 aromatic rings. The topological polar surface area (TPSA) is 55.8 Å². The molecule has 5 heteroatoms. The summed E-state index contributed by atoms with van der Waals surface area (Å²) in [5.74, 6) is -0.00500. The standard InChI is InChI=1S/C14H23NO4/c1-14(2,3)19-13(17)15-8-9-5-6-11(15)10(7-9)12(16)18-4/h9-11H,5-8H2,1-4H3/t9-,10-,11+/m0/s1. The van der Waals surface area contributed by atoms with E-state index < -0.39 is 5.60 Å². The first-order chi connectivity index (χ1) is 8.81. The van der Waals surface area contributed by atoms with Crippen LogP contribution in [0.15, 0.2) is 0 Å². The Hall–Kier alpha value is -1.26. The van der Waals surface area contributed by atoms with Crippen LogP contribution in [0.2, 0.25) is 0 Å². The Morgan fingerprint density at radius 2 is 1.89 bits per heavy atom. The van der Waals surface area contributed by atoms with E-state index in [0.717, 1.165) is 19.3 Å². The maximum Gasteiger partial charge on any atom is 0.410 e. The lowest BCUT2D eigenvalue weighted by molar-refractivity contribution is -0.153. The smallest absolute Gasteiger partial charge is 0.410 e. The van der Waals surface area contributed by atoms with Gasteiger partial charge in [0, 0.05) is 12.6 Å². The summed E-state index contributed by atoms with van der Waals surface area (Å²) in [6, 6.07) is -0.0627. The minimum Gasteiger partial charge on any atom is -0.469 e. The van der Waals surface area contributed by atoms with Gasteiger partial charge < -0.3 is 14.4 Å². The van der Waals surface area contributed by atoms with Gasteiger partial charge in [-0.1, -0.05) is 0 Å². The third-order valence-electron chi connectivity index (χ3n) is 3.91. The van der Waals surface area contributed by atoms with E-state index in [4.69, 9.17) is 9.47 Å². The number of nitrogens with zero attached hydrogens (tertiary/aromatic N) is 1. The molecule has 19 heavy (non-hydrogen) atoms. The van der Waals surface area contributed by atoms with Crippen LogP contribution in [-0.2, 0) is 14.3 Å². The van der Waals surface area contributed by atoms with Crippen molar-refractivity contribution >= 4 is 12.1 Å². The van der Waals surface area contributed by atoms with Crippen molar-refractivity contribution in [3.8, 4) is 0 Å². The maximum atomic E-state index is 12.2. The number of piperidine rings is 2. The summed E-state index contributed by atoms with van der Waals surface area (Å²) in [7, 11) is 1.41. The van der Waals surface area contributed by atoms with Crippen LogP contribution in [-0.4, -0.2) is 42.3 Å². The van der Waals surface area contributed by atoms with E-state index in [1.165, 1.54) is 7.11 Å². The minimum absolute atomic E-state index is 0.0627. The fourth-order valence-electron chi connectivity index (χ4n) is 3.13. The first kappa shape index (κ1) is 14.2. The average Bonchev–Trinajstić information content (AvgIpc) is 2.36. The largest absolute Gasteiger partial charge is 0.469 e. The molecule has 3 rings (SSSR count). The van der Waals surface area contributed by atoms with Gasteiger partial charge >= 0.3 is 12.1 Å². The Bertz CT molecular complexity index is 374. The molecule has 1 amide bonds. The van der Waals surface area contributed by atoms with Crippen LogP contribution < -0.4 is 0 Å². The number of amides is 1. The summed E-state index contributed by atoms with van der Waals surface area (Å²) in [4.78, 5) is 25.7. The van der Waals surface area contributed by atoms with Crippen molar-refractivity contribution in [3.05, 3.63) is 0 Å².